The summed E-state index contributed by atoms with van der Waals surface area (Å²) in [7, 11) is -3.92. The van der Waals surface area contributed by atoms with Crippen molar-refractivity contribution in [1.82, 2.24) is 10.2 Å². The summed E-state index contributed by atoms with van der Waals surface area (Å²) in [4.78, 5) is 29.6. The van der Waals surface area contributed by atoms with Crippen molar-refractivity contribution in [1.29, 1.82) is 0 Å². The molecule has 3 aromatic rings. The smallest absolute Gasteiger partial charge is 0.244 e. The molecule has 0 aliphatic heterocycles. The van der Waals surface area contributed by atoms with Crippen molar-refractivity contribution in [2.24, 2.45) is 0 Å². The van der Waals surface area contributed by atoms with Gasteiger partial charge in [-0.25, -0.2) is 8.42 Å². The molecule has 218 valence electrons. The number of anilines is 1. The fourth-order valence-corrected chi connectivity index (χ4v) is 6.54. The van der Waals surface area contributed by atoms with Gasteiger partial charge in [0.1, 0.15) is 12.6 Å². The van der Waals surface area contributed by atoms with Gasteiger partial charge < -0.3 is 10.2 Å². The van der Waals surface area contributed by atoms with E-state index in [1.54, 1.807) is 0 Å². The maximum absolute atomic E-state index is 14.2. The van der Waals surface area contributed by atoms with E-state index in [0.717, 1.165) is 52.9 Å². The van der Waals surface area contributed by atoms with Gasteiger partial charge in [0.05, 0.1) is 11.9 Å². The highest BCUT2D eigenvalue weighted by molar-refractivity contribution is 7.92. The van der Waals surface area contributed by atoms with E-state index < -0.39 is 28.5 Å². The molecule has 1 aliphatic rings. The predicted octanol–water partition coefficient (Wildman–Crippen LogP) is 5.77. The zero-order chi connectivity index (χ0) is 29.6. The van der Waals surface area contributed by atoms with Crippen LogP contribution >= 0.6 is 23.2 Å². The molecular formula is C31H35Cl2N3O4S. The second kappa shape index (κ2) is 13.7. The van der Waals surface area contributed by atoms with Gasteiger partial charge in [0.2, 0.25) is 21.8 Å². The number of halogens is 2. The van der Waals surface area contributed by atoms with Gasteiger partial charge in [-0.3, -0.25) is 13.9 Å². The van der Waals surface area contributed by atoms with Crippen molar-refractivity contribution >= 4 is 50.7 Å². The molecule has 1 atom stereocenters. The molecule has 3 aromatic carbocycles. The predicted molar refractivity (Wildman–Crippen MR) is 165 cm³/mol. The molecule has 0 saturated heterocycles. The average molecular weight is 617 g/mol. The van der Waals surface area contributed by atoms with E-state index >= 15 is 0 Å². The fraction of sp³-hybridized carbons (Fsp3) is 0.355. The summed E-state index contributed by atoms with van der Waals surface area (Å²) in [6.07, 6.45) is 5.19. The van der Waals surface area contributed by atoms with Crippen LogP contribution in [0, 0.1) is 6.92 Å². The minimum Gasteiger partial charge on any atom is -0.352 e. The van der Waals surface area contributed by atoms with Crippen LogP contribution < -0.4 is 9.62 Å². The van der Waals surface area contributed by atoms with Crippen molar-refractivity contribution in [3.8, 4) is 0 Å². The number of benzene rings is 3. The number of amides is 2. The molecule has 0 spiro atoms. The lowest BCUT2D eigenvalue weighted by Crippen LogP contribution is -2.54. The van der Waals surface area contributed by atoms with E-state index in [2.05, 4.69) is 5.32 Å². The van der Waals surface area contributed by atoms with Crippen LogP contribution in [0.15, 0.2) is 72.8 Å². The monoisotopic (exact) mass is 615 g/mol. The Morgan fingerprint density at radius 2 is 1.56 bits per heavy atom. The number of carbonyl (C=O) groups excluding carboxylic acids is 2. The summed E-state index contributed by atoms with van der Waals surface area (Å²) in [6, 6.07) is 20.7. The van der Waals surface area contributed by atoms with Gasteiger partial charge in [-0.2, -0.15) is 0 Å². The van der Waals surface area contributed by atoms with Crippen molar-refractivity contribution in [2.75, 3.05) is 17.1 Å². The third-order valence-electron chi connectivity index (χ3n) is 7.39. The van der Waals surface area contributed by atoms with Gasteiger partial charge in [-0.15, -0.1) is 0 Å². The lowest BCUT2D eigenvalue weighted by atomic mass is 10.0. The van der Waals surface area contributed by atoms with Gasteiger partial charge in [-0.05, 0) is 54.7 Å². The Balaban J connectivity index is 1.75. The number of rotatable bonds is 11. The minimum absolute atomic E-state index is 0.0531. The molecule has 1 saturated carbocycles. The first-order valence-electron chi connectivity index (χ1n) is 13.6. The summed E-state index contributed by atoms with van der Waals surface area (Å²) in [5.74, 6) is -0.767. The number of nitrogens with one attached hydrogen (secondary N) is 1. The quantitative estimate of drug-likeness (QED) is 0.297. The number of hydrogen-bond donors (Lipinski definition) is 1. The van der Waals surface area contributed by atoms with Crippen LogP contribution in [0.5, 0.6) is 0 Å². The molecule has 2 amide bonds. The van der Waals surface area contributed by atoms with Crippen LogP contribution in [0.4, 0.5) is 5.69 Å². The normalized spacial score (nSPS) is 14.4. The Hall–Kier alpha value is -3.07. The lowest BCUT2D eigenvalue weighted by molar-refractivity contribution is -0.140. The molecule has 41 heavy (non-hydrogen) atoms. The summed E-state index contributed by atoms with van der Waals surface area (Å²) in [5, 5.41) is 3.64. The van der Waals surface area contributed by atoms with Crippen LogP contribution in [0.25, 0.3) is 0 Å². The first-order valence-corrected chi connectivity index (χ1v) is 16.2. The zero-order valence-electron chi connectivity index (χ0n) is 23.2. The van der Waals surface area contributed by atoms with E-state index in [9.17, 15) is 18.0 Å². The van der Waals surface area contributed by atoms with Crippen molar-refractivity contribution in [2.45, 2.75) is 57.7 Å². The van der Waals surface area contributed by atoms with Crippen LogP contribution in [-0.4, -0.2) is 50.0 Å². The van der Waals surface area contributed by atoms with E-state index in [-0.39, 0.29) is 40.6 Å². The zero-order valence-corrected chi connectivity index (χ0v) is 25.6. The molecule has 1 aliphatic carbocycles. The van der Waals surface area contributed by atoms with Gasteiger partial charge in [0.15, 0.2) is 0 Å². The first-order chi connectivity index (χ1) is 19.5. The molecule has 10 heteroatoms. The Morgan fingerprint density at radius 1 is 0.951 bits per heavy atom. The van der Waals surface area contributed by atoms with Gasteiger partial charge >= 0.3 is 0 Å². The summed E-state index contributed by atoms with van der Waals surface area (Å²) in [5.41, 5.74) is 2.89. The number of carbonyl (C=O) groups is 2. The molecule has 0 unspecified atom stereocenters. The summed E-state index contributed by atoms with van der Waals surface area (Å²) >= 11 is 12.4. The van der Waals surface area contributed by atoms with E-state index in [0.29, 0.717) is 0 Å². The molecule has 7 nitrogen and oxygen atoms in total. The third-order valence-corrected chi connectivity index (χ3v) is 8.97. The van der Waals surface area contributed by atoms with E-state index in [4.69, 9.17) is 23.2 Å². The third kappa shape index (κ3) is 8.47. The molecular weight excluding hydrogens is 581 g/mol. The van der Waals surface area contributed by atoms with Crippen LogP contribution in [0.2, 0.25) is 10.0 Å². The number of sulfonamides is 1. The van der Waals surface area contributed by atoms with Gasteiger partial charge in [-0.1, -0.05) is 90.6 Å². The fourth-order valence-electron chi connectivity index (χ4n) is 5.19. The summed E-state index contributed by atoms with van der Waals surface area (Å²) in [6.45, 7) is 1.55. The number of nitrogens with zero attached hydrogens (tertiary/aromatic N) is 2. The summed E-state index contributed by atoms with van der Waals surface area (Å²) < 4.78 is 26.9. The SMILES string of the molecule is Cc1ccccc1CN(C(=O)CN(c1cc(Cl)cc(Cl)c1)S(C)(=O)=O)[C@@H](Cc1ccccc1)C(=O)NC1CCCC1. The second-order valence-corrected chi connectivity index (χ2v) is 13.3. The van der Waals surface area contributed by atoms with Crippen molar-refractivity contribution in [3.63, 3.8) is 0 Å². The van der Waals surface area contributed by atoms with Crippen molar-refractivity contribution in [3.05, 3.63) is 99.5 Å². The molecule has 4 rings (SSSR count). The standard InChI is InChI=1S/C31H35Cl2N3O4S/c1-22-10-6-7-13-24(22)20-35(30(37)21-36(41(2,39)40)28-18-25(32)17-26(33)19-28)29(16-23-11-4-3-5-12-23)31(38)34-27-14-8-9-15-27/h3-7,10-13,17-19,27,29H,8-9,14-16,20-21H2,1-2H3,(H,34,38)/t29-/m0/s1. The Kier molecular flexibility index (Phi) is 10.3. The van der Waals surface area contributed by atoms with E-state index in [1.165, 1.54) is 23.1 Å². The molecule has 1 N–H and O–H groups in total. The second-order valence-electron chi connectivity index (χ2n) is 10.5. The molecule has 0 aromatic heterocycles. The average Bonchev–Trinajstić information content (AvgIpc) is 3.42. The Labute approximate surface area is 252 Å². The first kappa shape index (κ1) is 30.9. The van der Waals surface area contributed by atoms with Gasteiger partial charge in [0, 0.05) is 29.1 Å². The Bertz CT molecular complexity index is 1460. The highest BCUT2D eigenvalue weighted by Gasteiger charge is 2.34. The number of hydrogen-bond acceptors (Lipinski definition) is 4. The van der Waals surface area contributed by atoms with Crippen LogP contribution in [0.3, 0.4) is 0 Å². The molecule has 0 bridgehead atoms. The van der Waals surface area contributed by atoms with Crippen LogP contribution in [-0.2, 0) is 32.6 Å². The molecule has 0 heterocycles. The highest BCUT2D eigenvalue weighted by Crippen LogP contribution is 2.28. The maximum atomic E-state index is 14.2. The largest absolute Gasteiger partial charge is 0.352 e. The lowest BCUT2D eigenvalue weighted by Gasteiger charge is -2.34. The molecule has 1 fully saturated rings. The van der Waals surface area contributed by atoms with Crippen molar-refractivity contribution < 1.29 is 18.0 Å². The van der Waals surface area contributed by atoms with E-state index in [1.807, 2.05) is 61.5 Å². The number of aryl methyl sites for hydroxylation is 1. The van der Waals surface area contributed by atoms with Crippen LogP contribution in [0.1, 0.15) is 42.4 Å². The highest BCUT2D eigenvalue weighted by atomic mass is 35.5. The Morgan fingerprint density at radius 3 is 2.17 bits per heavy atom. The molecule has 0 radical (unpaired) electrons. The maximum Gasteiger partial charge on any atom is 0.244 e. The topological polar surface area (TPSA) is 86.8 Å². The minimum atomic E-state index is -3.92. The van der Waals surface area contributed by atoms with Gasteiger partial charge in [0.25, 0.3) is 0 Å².